The van der Waals surface area contributed by atoms with E-state index in [9.17, 15) is 0 Å². The van der Waals surface area contributed by atoms with Crippen molar-refractivity contribution in [2.24, 2.45) is 5.92 Å². The molecule has 1 saturated heterocycles. The number of hydrogen-bond donors (Lipinski definition) is 1. The number of anilines is 1. The summed E-state index contributed by atoms with van der Waals surface area (Å²) >= 11 is 6.00. The Balaban J connectivity index is 1.76. The van der Waals surface area contributed by atoms with E-state index >= 15 is 0 Å². The van der Waals surface area contributed by atoms with Crippen molar-refractivity contribution >= 4 is 28.2 Å². The van der Waals surface area contributed by atoms with Crippen molar-refractivity contribution in [2.45, 2.75) is 12.8 Å². The van der Waals surface area contributed by atoms with E-state index in [1.807, 2.05) is 30.5 Å². The summed E-state index contributed by atoms with van der Waals surface area (Å²) in [6.07, 6.45) is 4.11. The Hall–Kier alpha value is -1.32. The van der Waals surface area contributed by atoms with E-state index in [0.717, 1.165) is 54.2 Å². The molecular formula is C15H17ClN2O. The van der Waals surface area contributed by atoms with Gasteiger partial charge in [0.2, 0.25) is 0 Å². The molecular weight excluding hydrogens is 260 g/mol. The number of halogens is 1. The van der Waals surface area contributed by atoms with Gasteiger partial charge in [0, 0.05) is 42.1 Å². The van der Waals surface area contributed by atoms with Crippen LogP contribution in [0.3, 0.4) is 0 Å². The molecule has 0 unspecified atom stereocenters. The minimum atomic E-state index is 0.698. The number of rotatable bonds is 3. The lowest BCUT2D eigenvalue weighted by atomic mass is 10.0. The number of pyridine rings is 1. The van der Waals surface area contributed by atoms with Gasteiger partial charge in [-0.05, 0) is 43.0 Å². The lowest BCUT2D eigenvalue weighted by Crippen LogP contribution is -2.22. The van der Waals surface area contributed by atoms with Crippen molar-refractivity contribution < 1.29 is 4.74 Å². The fraction of sp³-hybridized carbons (Fsp3) is 0.400. The van der Waals surface area contributed by atoms with E-state index in [1.54, 1.807) is 0 Å². The van der Waals surface area contributed by atoms with Crippen LogP contribution in [0.2, 0.25) is 5.02 Å². The highest BCUT2D eigenvalue weighted by Crippen LogP contribution is 2.25. The summed E-state index contributed by atoms with van der Waals surface area (Å²) in [7, 11) is 0. The maximum Gasteiger partial charge on any atom is 0.0737 e. The van der Waals surface area contributed by atoms with E-state index in [2.05, 4.69) is 10.3 Å². The van der Waals surface area contributed by atoms with Crippen molar-refractivity contribution in [3.8, 4) is 0 Å². The maximum absolute atomic E-state index is 6.00. The number of nitrogens with one attached hydrogen (secondary N) is 1. The fourth-order valence-corrected chi connectivity index (χ4v) is 2.65. The van der Waals surface area contributed by atoms with Crippen LogP contribution in [-0.4, -0.2) is 24.7 Å². The molecule has 0 radical (unpaired) electrons. The molecule has 0 amide bonds. The largest absolute Gasteiger partial charge is 0.384 e. The number of nitrogens with zero attached hydrogens (tertiary/aromatic N) is 1. The number of hydrogen-bond acceptors (Lipinski definition) is 3. The Kier molecular flexibility index (Phi) is 3.85. The van der Waals surface area contributed by atoms with E-state index in [-0.39, 0.29) is 0 Å². The zero-order chi connectivity index (χ0) is 13.1. The topological polar surface area (TPSA) is 34.1 Å². The van der Waals surface area contributed by atoms with Crippen molar-refractivity contribution in [2.75, 3.05) is 25.1 Å². The summed E-state index contributed by atoms with van der Waals surface area (Å²) in [5.41, 5.74) is 2.07. The van der Waals surface area contributed by atoms with Crippen LogP contribution in [-0.2, 0) is 4.74 Å². The summed E-state index contributed by atoms with van der Waals surface area (Å²) < 4.78 is 5.38. The van der Waals surface area contributed by atoms with Gasteiger partial charge in [0.1, 0.15) is 0 Å². The van der Waals surface area contributed by atoms with Crippen LogP contribution in [0.25, 0.3) is 10.9 Å². The zero-order valence-electron chi connectivity index (χ0n) is 10.7. The van der Waals surface area contributed by atoms with Gasteiger partial charge in [0.25, 0.3) is 0 Å². The second kappa shape index (κ2) is 5.76. The SMILES string of the molecule is Clc1ccc2c(NCC3CCOCC3)ccnc2c1. The summed E-state index contributed by atoms with van der Waals surface area (Å²) in [5.74, 6) is 0.698. The molecule has 1 N–H and O–H groups in total. The highest BCUT2D eigenvalue weighted by atomic mass is 35.5. The van der Waals surface area contributed by atoms with Crippen molar-refractivity contribution in [1.29, 1.82) is 0 Å². The van der Waals surface area contributed by atoms with Gasteiger partial charge in [-0.25, -0.2) is 0 Å². The molecule has 1 aliphatic heterocycles. The van der Waals surface area contributed by atoms with E-state index < -0.39 is 0 Å². The Bertz CT molecular complexity index is 567. The van der Waals surface area contributed by atoms with E-state index in [1.165, 1.54) is 0 Å². The van der Waals surface area contributed by atoms with E-state index in [4.69, 9.17) is 16.3 Å². The molecule has 0 atom stereocenters. The van der Waals surface area contributed by atoms with Gasteiger partial charge in [-0.3, -0.25) is 4.98 Å². The smallest absolute Gasteiger partial charge is 0.0737 e. The molecule has 0 aliphatic carbocycles. The van der Waals surface area contributed by atoms with Crippen LogP contribution < -0.4 is 5.32 Å². The molecule has 2 heterocycles. The molecule has 3 nitrogen and oxygen atoms in total. The first-order valence-corrected chi connectivity index (χ1v) is 7.06. The lowest BCUT2D eigenvalue weighted by Gasteiger charge is -2.23. The van der Waals surface area contributed by atoms with Gasteiger partial charge in [-0.2, -0.15) is 0 Å². The molecule has 100 valence electrons. The zero-order valence-corrected chi connectivity index (χ0v) is 11.5. The van der Waals surface area contributed by atoms with Crippen LogP contribution in [0.1, 0.15) is 12.8 Å². The van der Waals surface area contributed by atoms with Crippen LogP contribution in [0.5, 0.6) is 0 Å². The summed E-state index contributed by atoms with van der Waals surface area (Å²) in [6, 6.07) is 7.86. The molecule has 0 saturated carbocycles. The third-order valence-electron chi connectivity index (χ3n) is 3.63. The first-order chi connectivity index (χ1) is 9.33. The van der Waals surface area contributed by atoms with Crippen LogP contribution in [0.4, 0.5) is 5.69 Å². The fourth-order valence-electron chi connectivity index (χ4n) is 2.48. The van der Waals surface area contributed by atoms with Crippen LogP contribution >= 0.6 is 11.6 Å². The summed E-state index contributed by atoms with van der Waals surface area (Å²) in [4.78, 5) is 4.35. The molecule has 1 aromatic carbocycles. The Morgan fingerprint density at radius 1 is 1.26 bits per heavy atom. The molecule has 0 spiro atoms. The summed E-state index contributed by atoms with van der Waals surface area (Å²) in [5, 5.41) is 5.39. The standard InChI is InChI=1S/C15H17ClN2O/c16-12-1-2-13-14(3-6-17-15(13)9-12)18-10-11-4-7-19-8-5-11/h1-3,6,9,11H,4-5,7-8,10H2,(H,17,18). The molecule has 1 aliphatic rings. The van der Waals surface area contributed by atoms with Gasteiger partial charge < -0.3 is 10.1 Å². The first-order valence-electron chi connectivity index (χ1n) is 6.69. The van der Waals surface area contributed by atoms with E-state index in [0.29, 0.717) is 5.92 Å². The van der Waals surface area contributed by atoms with Crippen molar-refractivity contribution in [3.05, 3.63) is 35.5 Å². The van der Waals surface area contributed by atoms with Gasteiger partial charge >= 0.3 is 0 Å². The predicted octanol–water partition coefficient (Wildman–Crippen LogP) is 3.73. The highest BCUT2D eigenvalue weighted by Gasteiger charge is 2.13. The number of benzene rings is 1. The Morgan fingerprint density at radius 3 is 2.95 bits per heavy atom. The third-order valence-corrected chi connectivity index (χ3v) is 3.86. The molecule has 0 bridgehead atoms. The van der Waals surface area contributed by atoms with Gasteiger partial charge in [-0.15, -0.1) is 0 Å². The average Bonchev–Trinajstić information content (AvgIpc) is 2.45. The van der Waals surface area contributed by atoms with Gasteiger partial charge in [0.15, 0.2) is 0 Å². The van der Waals surface area contributed by atoms with Gasteiger partial charge in [-0.1, -0.05) is 11.6 Å². The monoisotopic (exact) mass is 276 g/mol. The molecule has 1 fully saturated rings. The molecule has 2 aromatic rings. The quantitative estimate of drug-likeness (QED) is 0.928. The minimum absolute atomic E-state index is 0.698. The second-order valence-electron chi connectivity index (χ2n) is 4.96. The van der Waals surface area contributed by atoms with Crippen LogP contribution in [0.15, 0.2) is 30.5 Å². The molecule has 4 heteroatoms. The second-order valence-corrected chi connectivity index (χ2v) is 5.39. The van der Waals surface area contributed by atoms with Crippen molar-refractivity contribution in [1.82, 2.24) is 4.98 Å². The molecule has 1 aromatic heterocycles. The molecule has 3 rings (SSSR count). The third kappa shape index (κ3) is 2.99. The highest BCUT2D eigenvalue weighted by molar-refractivity contribution is 6.31. The Labute approximate surface area is 117 Å². The number of fused-ring (bicyclic) bond motifs is 1. The maximum atomic E-state index is 6.00. The Morgan fingerprint density at radius 2 is 2.11 bits per heavy atom. The minimum Gasteiger partial charge on any atom is -0.384 e. The van der Waals surface area contributed by atoms with Crippen LogP contribution in [0, 0.1) is 5.92 Å². The van der Waals surface area contributed by atoms with Gasteiger partial charge in [0.05, 0.1) is 5.52 Å². The number of aromatic nitrogens is 1. The molecule has 19 heavy (non-hydrogen) atoms. The summed E-state index contributed by atoms with van der Waals surface area (Å²) in [6.45, 7) is 2.77. The first kappa shape index (κ1) is 12.7. The average molecular weight is 277 g/mol. The number of ether oxygens (including phenoxy) is 1. The normalized spacial score (nSPS) is 16.7. The predicted molar refractivity (Wildman–Crippen MR) is 78.8 cm³/mol. The van der Waals surface area contributed by atoms with Crippen molar-refractivity contribution in [3.63, 3.8) is 0 Å². The lowest BCUT2D eigenvalue weighted by molar-refractivity contribution is 0.0699.